The van der Waals surface area contributed by atoms with Crippen LogP contribution >= 0.6 is 0 Å². The minimum absolute atomic E-state index is 0.119. The first-order valence-corrected chi connectivity index (χ1v) is 8.19. The lowest BCUT2D eigenvalue weighted by molar-refractivity contribution is 0.0682. The number of benzene rings is 3. The highest BCUT2D eigenvalue weighted by Gasteiger charge is 2.17. The average Bonchev–Trinajstić information content (AvgIpc) is 2.66. The Kier molecular flexibility index (Phi) is 4.93. The van der Waals surface area contributed by atoms with E-state index < -0.39 is 29.4 Å². The van der Waals surface area contributed by atoms with E-state index in [1.165, 1.54) is 48.5 Å². The highest BCUT2D eigenvalue weighted by atomic mass is 16.4. The highest BCUT2D eigenvalue weighted by Crippen LogP contribution is 2.33. The number of carboxylic acid groups (broad SMARTS) is 3. The van der Waals surface area contributed by atoms with E-state index in [4.69, 9.17) is 10.2 Å². The molecule has 8 heteroatoms. The zero-order chi connectivity index (χ0) is 21.3. The Morgan fingerprint density at radius 3 is 1.41 bits per heavy atom. The van der Waals surface area contributed by atoms with Crippen LogP contribution in [0.25, 0.3) is 22.3 Å². The summed E-state index contributed by atoms with van der Waals surface area (Å²) in [6, 6.07) is 12.0. The molecule has 3 rings (SSSR count). The van der Waals surface area contributed by atoms with E-state index in [1.807, 2.05) is 0 Å². The largest absolute Gasteiger partial charge is 0.507 e. The van der Waals surface area contributed by atoms with Crippen molar-refractivity contribution in [1.29, 1.82) is 0 Å². The number of hydrogen-bond acceptors (Lipinski definition) is 5. The van der Waals surface area contributed by atoms with Gasteiger partial charge in [-0.1, -0.05) is 24.3 Å². The van der Waals surface area contributed by atoms with Crippen molar-refractivity contribution in [2.24, 2.45) is 0 Å². The Morgan fingerprint density at radius 1 is 0.517 bits per heavy atom. The number of carbonyl (C=O) groups is 3. The van der Waals surface area contributed by atoms with Crippen LogP contribution in [-0.4, -0.2) is 43.4 Å². The van der Waals surface area contributed by atoms with Crippen molar-refractivity contribution in [3.63, 3.8) is 0 Å². The van der Waals surface area contributed by atoms with E-state index in [1.54, 1.807) is 6.07 Å². The molecule has 146 valence electrons. The van der Waals surface area contributed by atoms with Crippen molar-refractivity contribution < 1.29 is 39.9 Å². The van der Waals surface area contributed by atoms with E-state index in [-0.39, 0.29) is 22.3 Å². The third-order valence-electron chi connectivity index (χ3n) is 4.35. The second-order valence-electron chi connectivity index (χ2n) is 6.14. The molecule has 0 unspecified atom stereocenters. The lowest BCUT2D eigenvalue weighted by Crippen LogP contribution is -2.01. The fraction of sp³-hybridized carbons (Fsp3) is 0. The molecule has 29 heavy (non-hydrogen) atoms. The summed E-state index contributed by atoms with van der Waals surface area (Å²) in [7, 11) is 0. The van der Waals surface area contributed by atoms with Crippen LogP contribution < -0.4 is 0 Å². The van der Waals surface area contributed by atoms with Crippen molar-refractivity contribution >= 4 is 17.9 Å². The Labute approximate surface area is 163 Å². The first kappa shape index (κ1) is 19.4. The summed E-state index contributed by atoms with van der Waals surface area (Å²) in [5, 5.41) is 47.3. The molecule has 0 aliphatic carbocycles. The monoisotopic (exact) mass is 394 g/mol. The smallest absolute Gasteiger partial charge is 0.339 e. The second-order valence-corrected chi connectivity index (χ2v) is 6.14. The van der Waals surface area contributed by atoms with Gasteiger partial charge in [0.2, 0.25) is 0 Å². The van der Waals surface area contributed by atoms with E-state index in [9.17, 15) is 29.7 Å². The highest BCUT2D eigenvalue weighted by molar-refractivity contribution is 5.99. The summed E-state index contributed by atoms with van der Waals surface area (Å²) in [6.45, 7) is 0. The van der Waals surface area contributed by atoms with Gasteiger partial charge >= 0.3 is 17.9 Å². The van der Waals surface area contributed by atoms with E-state index in [0.29, 0.717) is 16.7 Å². The Morgan fingerprint density at radius 2 is 0.931 bits per heavy atom. The predicted molar refractivity (Wildman–Crippen MR) is 102 cm³/mol. The minimum atomic E-state index is -1.31. The first-order valence-electron chi connectivity index (χ1n) is 8.19. The summed E-state index contributed by atoms with van der Waals surface area (Å²) in [6.07, 6.45) is 0. The maximum atomic E-state index is 11.8. The van der Waals surface area contributed by atoms with Gasteiger partial charge in [0.25, 0.3) is 0 Å². The van der Waals surface area contributed by atoms with Crippen LogP contribution in [0.4, 0.5) is 0 Å². The van der Waals surface area contributed by atoms with Crippen molar-refractivity contribution in [3.8, 4) is 33.8 Å². The fourth-order valence-corrected chi connectivity index (χ4v) is 2.92. The molecule has 0 heterocycles. The number of carboxylic acids is 3. The van der Waals surface area contributed by atoms with Gasteiger partial charge in [-0.15, -0.1) is 0 Å². The van der Waals surface area contributed by atoms with Crippen LogP contribution in [0.15, 0.2) is 54.6 Å². The number of hydrogen-bond donors (Lipinski definition) is 5. The fourth-order valence-electron chi connectivity index (χ4n) is 2.92. The Hall–Kier alpha value is -4.33. The number of aromatic hydroxyl groups is 2. The SMILES string of the molecule is O=C(O)c1ccc(-c2ccc(-c3ccc(C(=O)O)c(O)c3)c(C(=O)O)c2)cc1O. The zero-order valence-electron chi connectivity index (χ0n) is 14.7. The standard InChI is InChI=1S/C21H14O8/c22-17-8-11(2-5-14(17)19(24)25)10-1-4-13(16(7-10)21(28)29)12-3-6-15(20(26)27)18(23)9-12/h1-9,22-23H,(H,24,25)(H,26,27)(H,28,29). The average molecular weight is 394 g/mol. The molecular formula is C21H14O8. The molecule has 0 radical (unpaired) electrons. The van der Waals surface area contributed by atoms with Crippen LogP contribution in [0.1, 0.15) is 31.1 Å². The Bertz CT molecular complexity index is 1160. The predicted octanol–water partition coefficient (Wildman–Crippen LogP) is 3.53. The molecule has 0 aromatic heterocycles. The molecule has 0 spiro atoms. The number of rotatable bonds is 5. The van der Waals surface area contributed by atoms with Crippen molar-refractivity contribution in [2.45, 2.75) is 0 Å². The maximum Gasteiger partial charge on any atom is 0.339 e. The normalized spacial score (nSPS) is 10.5. The van der Waals surface area contributed by atoms with Gasteiger partial charge in [-0.25, -0.2) is 14.4 Å². The third-order valence-corrected chi connectivity index (χ3v) is 4.35. The van der Waals surface area contributed by atoms with Gasteiger partial charge in [0.05, 0.1) is 5.56 Å². The molecule has 0 amide bonds. The number of aromatic carboxylic acids is 3. The summed E-state index contributed by atoms with van der Waals surface area (Å²) in [5.41, 5.74) is 0.677. The third kappa shape index (κ3) is 3.72. The minimum Gasteiger partial charge on any atom is -0.507 e. The molecule has 3 aromatic rings. The summed E-state index contributed by atoms with van der Waals surface area (Å²) >= 11 is 0. The van der Waals surface area contributed by atoms with Crippen LogP contribution in [0.2, 0.25) is 0 Å². The second kappa shape index (κ2) is 7.35. The van der Waals surface area contributed by atoms with Gasteiger partial charge in [-0.3, -0.25) is 0 Å². The van der Waals surface area contributed by atoms with Crippen LogP contribution in [-0.2, 0) is 0 Å². The topological polar surface area (TPSA) is 152 Å². The lowest BCUT2D eigenvalue weighted by Gasteiger charge is -2.11. The van der Waals surface area contributed by atoms with E-state index >= 15 is 0 Å². The van der Waals surface area contributed by atoms with Gasteiger partial charge < -0.3 is 25.5 Å². The van der Waals surface area contributed by atoms with Gasteiger partial charge in [0.15, 0.2) is 0 Å². The summed E-state index contributed by atoms with van der Waals surface area (Å²) in [4.78, 5) is 33.8. The Balaban J connectivity index is 2.10. The molecule has 0 saturated carbocycles. The molecule has 5 N–H and O–H groups in total. The molecule has 0 bridgehead atoms. The molecule has 0 aliphatic rings. The zero-order valence-corrected chi connectivity index (χ0v) is 14.7. The van der Waals surface area contributed by atoms with Gasteiger partial charge in [-0.05, 0) is 52.6 Å². The lowest BCUT2D eigenvalue weighted by atomic mass is 9.93. The maximum absolute atomic E-state index is 11.8. The van der Waals surface area contributed by atoms with Gasteiger partial charge in [-0.2, -0.15) is 0 Å². The first-order chi connectivity index (χ1) is 13.7. The van der Waals surface area contributed by atoms with Crippen molar-refractivity contribution in [2.75, 3.05) is 0 Å². The van der Waals surface area contributed by atoms with Gasteiger partial charge in [0.1, 0.15) is 22.6 Å². The molecule has 0 aliphatic heterocycles. The molecule has 0 atom stereocenters. The van der Waals surface area contributed by atoms with Crippen molar-refractivity contribution in [3.05, 3.63) is 71.3 Å². The van der Waals surface area contributed by atoms with Crippen molar-refractivity contribution in [1.82, 2.24) is 0 Å². The summed E-state index contributed by atoms with van der Waals surface area (Å²) in [5.74, 6) is -4.81. The van der Waals surface area contributed by atoms with Crippen LogP contribution in [0, 0.1) is 0 Å². The molecule has 8 nitrogen and oxygen atoms in total. The van der Waals surface area contributed by atoms with Crippen LogP contribution in [0.3, 0.4) is 0 Å². The quantitative estimate of drug-likeness (QED) is 0.441. The molecular weight excluding hydrogens is 380 g/mol. The summed E-state index contributed by atoms with van der Waals surface area (Å²) < 4.78 is 0. The van der Waals surface area contributed by atoms with Gasteiger partial charge in [0, 0.05) is 0 Å². The molecule has 3 aromatic carbocycles. The van der Waals surface area contributed by atoms with E-state index in [2.05, 4.69) is 0 Å². The molecule has 0 saturated heterocycles. The van der Waals surface area contributed by atoms with E-state index in [0.717, 1.165) is 0 Å². The van der Waals surface area contributed by atoms with Crippen LogP contribution in [0.5, 0.6) is 11.5 Å². The number of phenols is 2. The molecule has 0 fully saturated rings.